The molecule has 0 saturated heterocycles. The Morgan fingerprint density at radius 1 is 1.26 bits per heavy atom. The molecule has 1 aliphatic heterocycles. The number of thioether (sulfide) groups is 1. The van der Waals surface area contributed by atoms with Crippen molar-refractivity contribution < 1.29 is 4.79 Å². The number of amides is 1. The molecule has 0 radical (unpaired) electrons. The van der Waals surface area contributed by atoms with Gasteiger partial charge in [0, 0.05) is 28.9 Å². The maximum absolute atomic E-state index is 12.3. The second kappa shape index (κ2) is 6.22. The van der Waals surface area contributed by atoms with Crippen molar-refractivity contribution in [1.82, 2.24) is 9.55 Å². The smallest absolute Gasteiger partial charge is 0.229 e. The third-order valence-corrected chi connectivity index (χ3v) is 5.54. The van der Waals surface area contributed by atoms with E-state index in [0.717, 1.165) is 39.3 Å². The molecule has 4 nitrogen and oxygen atoms in total. The number of nitrogens with one attached hydrogen (secondary N) is 1. The molecule has 0 aliphatic carbocycles. The Labute approximate surface area is 142 Å². The van der Waals surface area contributed by atoms with Crippen molar-refractivity contribution in [3.63, 3.8) is 0 Å². The fourth-order valence-electron chi connectivity index (χ4n) is 2.62. The van der Waals surface area contributed by atoms with Gasteiger partial charge in [0.05, 0.1) is 17.8 Å². The number of aryl methyl sites for hydroxylation is 1. The number of nitrogens with zero attached hydrogens (tertiary/aromatic N) is 2. The van der Waals surface area contributed by atoms with Gasteiger partial charge in [-0.15, -0.1) is 11.3 Å². The van der Waals surface area contributed by atoms with Gasteiger partial charge < -0.3 is 9.88 Å². The Balaban J connectivity index is 1.58. The molecule has 2 aromatic heterocycles. The fourth-order valence-corrected chi connectivity index (χ4v) is 4.27. The Morgan fingerprint density at radius 2 is 2.17 bits per heavy atom. The molecular formula is C17H15N3OS2. The van der Waals surface area contributed by atoms with Crippen LogP contribution in [-0.4, -0.2) is 21.2 Å². The summed E-state index contributed by atoms with van der Waals surface area (Å²) in [5, 5.41) is 6.07. The average molecular weight is 341 g/mol. The highest BCUT2D eigenvalue weighted by Gasteiger charge is 2.17. The molecule has 0 saturated carbocycles. The minimum absolute atomic E-state index is 0.000949. The molecular weight excluding hydrogens is 326 g/mol. The van der Waals surface area contributed by atoms with Crippen molar-refractivity contribution >= 4 is 34.7 Å². The van der Waals surface area contributed by atoms with Crippen LogP contribution < -0.4 is 5.32 Å². The third kappa shape index (κ3) is 3.04. The molecule has 1 amide bonds. The zero-order valence-electron chi connectivity index (χ0n) is 12.4. The lowest BCUT2D eigenvalue weighted by atomic mass is 10.1. The van der Waals surface area contributed by atoms with Crippen molar-refractivity contribution in [1.29, 1.82) is 0 Å². The van der Waals surface area contributed by atoms with Crippen LogP contribution in [-0.2, 0) is 17.8 Å². The molecule has 116 valence electrons. The number of carbonyl (C=O) groups is 1. The molecule has 6 heteroatoms. The van der Waals surface area contributed by atoms with Crippen LogP contribution in [0.5, 0.6) is 0 Å². The molecule has 1 N–H and O–H groups in total. The Bertz CT molecular complexity index is 818. The van der Waals surface area contributed by atoms with E-state index in [9.17, 15) is 4.79 Å². The molecule has 0 bridgehead atoms. The van der Waals surface area contributed by atoms with E-state index in [1.807, 2.05) is 41.8 Å². The Morgan fingerprint density at radius 3 is 3.00 bits per heavy atom. The van der Waals surface area contributed by atoms with Crippen molar-refractivity contribution in [3.05, 3.63) is 52.9 Å². The minimum atomic E-state index is 0.000949. The first kappa shape index (κ1) is 14.5. The summed E-state index contributed by atoms with van der Waals surface area (Å²) < 4.78 is 2.17. The van der Waals surface area contributed by atoms with E-state index in [1.165, 1.54) is 0 Å². The van der Waals surface area contributed by atoms with Crippen LogP contribution >= 0.6 is 23.1 Å². The Hall–Kier alpha value is -2.05. The van der Waals surface area contributed by atoms with Crippen molar-refractivity contribution in [3.8, 4) is 11.3 Å². The molecule has 3 heterocycles. The first-order valence-corrected chi connectivity index (χ1v) is 9.28. The molecule has 0 fully saturated rings. The predicted octanol–water partition coefficient (Wildman–Crippen LogP) is 3.90. The number of fused-ring (bicyclic) bond motifs is 1. The highest BCUT2D eigenvalue weighted by Crippen LogP contribution is 2.32. The summed E-state index contributed by atoms with van der Waals surface area (Å²) in [7, 11) is 0. The predicted molar refractivity (Wildman–Crippen MR) is 95.0 cm³/mol. The molecule has 23 heavy (non-hydrogen) atoms. The number of aromatic nitrogens is 2. The van der Waals surface area contributed by atoms with E-state index in [2.05, 4.69) is 21.1 Å². The zero-order valence-corrected chi connectivity index (χ0v) is 14.0. The summed E-state index contributed by atoms with van der Waals surface area (Å²) >= 11 is 3.37. The largest absolute Gasteiger partial charge is 0.325 e. The summed E-state index contributed by atoms with van der Waals surface area (Å²) in [5.74, 6) is 1.09. The number of para-hydroxylation sites is 1. The van der Waals surface area contributed by atoms with Gasteiger partial charge in [0.1, 0.15) is 0 Å². The maximum atomic E-state index is 12.3. The second-order valence-corrected chi connectivity index (χ2v) is 7.39. The van der Waals surface area contributed by atoms with Gasteiger partial charge in [0.15, 0.2) is 5.16 Å². The highest BCUT2D eigenvalue weighted by atomic mass is 32.2. The monoisotopic (exact) mass is 341 g/mol. The number of imidazole rings is 1. The lowest BCUT2D eigenvalue weighted by Gasteiger charge is -2.09. The van der Waals surface area contributed by atoms with Crippen LogP contribution in [0.2, 0.25) is 0 Å². The molecule has 0 atom stereocenters. The summed E-state index contributed by atoms with van der Waals surface area (Å²) in [5.41, 5.74) is 2.70. The number of thiophene rings is 1. The molecule has 0 spiro atoms. The van der Waals surface area contributed by atoms with Crippen LogP contribution in [0.15, 0.2) is 53.1 Å². The van der Waals surface area contributed by atoms with E-state index in [-0.39, 0.29) is 5.91 Å². The summed E-state index contributed by atoms with van der Waals surface area (Å²) in [6, 6.07) is 11.8. The summed E-state index contributed by atoms with van der Waals surface area (Å²) in [6.07, 6.45) is 2.47. The standard InChI is InChI=1S/C17H15N3OS2/c21-16(10-12-4-3-8-22-12)18-14-6-2-1-5-13(14)15-11-20-7-9-23-17(20)19-15/h1-6,8,11H,7,9-10H2,(H,18,21). The molecule has 1 aromatic carbocycles. The number of hydrogen-bond donors (Lipinski definition) is 1. The van der Waals surface area contributed by atoms with Crippen LogP contribution in [0.25, 0.3) is 11.3 Å². The van der Waals surface area contributed by atoms with Gasteiger partial charge in [-0.2, -0.15) is 0 Å². The second-order valence-electron chi connectivity index (χ2n) is 5.30. The maximum Gasteiger partial charge on any atom is 0.229 e. The van der Waals surface area contributed by atoms with Gasteiger partial charge >= 0.3 is 0 Å². The molecule has 0 unspecified atom stereocenters. The van der Waals surface area contributed by atoms with E-state index in [0.29, 0.717) is 6.42 Å². The number of benzene rings is 1. The van der Waals surface area contributed by atoms with E-state index >= 15 is 0 Å². The molecule has 1 aliphatic rings. The number of anilines is 1. The average Bonchev–Trinajstić information content (AvgIpc) is 3.24. The third-order valence-electron chi connectivity index (χ3n) is 3.70. The first-order chi connectivity index (χ1) is 11.3. The van der Waals surface area contributed by atoms with Crippen molar-refractivity contribution in [2.24, 2.45) is 0 Å². The van der Waals surface area contributed by atoms with Gasteiger partial charge in [-0.1, -0.05) is 36.0 Å². The summed E-state index contributed by atoms with van der Waals surface area (Å²) in [4.78, 5) is 18.0. The zero-order chi connectivity index (χ0) is 15.6. The number of hydrogen-bond acceptors (Lipinski definition) is 4. The molecule has 3 aromatic rings. The lowest BCUT2D eigenvalue weighted by molar-refractivity contribution is -0.115. The van der Waals surface area contributed by atoms with Crippen molar-refractivity contribution in [2.45, 2.75) is 18.1 Å². The van der Waals surface area contributed by atoms with Gasteiger partial charge in [-0.25, -0.2) is 4.98 Å². The molecule has 4 rings (SSSR count). The lowest BCUT2D eigenvalue weighted by Crippen LogP contribution is -2.14. The van der Waals surface area contributed by atoms with Crippen LogP contribution in [0.1, 0.15) is 4.88 Å². The minimum Gasteiger partial charge on any atom is -0.325 e. The highest BCUT2D eigenvalue weighted by molar-refractivity contribution is 7.99. The van der Waals surface area contributed by atoms with Crippen LogP contribution in [0, 0.1) is 0 Å². The normalized spacial score (nSPS) is 13.0. The van der Waals surface area contributed by atoms with Crippen LogP contribution in [0.4, 0.5) is 5.69 Å². The number of rotatable bonds is 4. The van der Waals surface area contributed by atoms with Gasteiger partial charge in [0.2, 0.25) is 5.91 Å². The number of carbonyl (C=O) groups excluding carboxylic acids is 1. The van der Waals surface area contributed by atoms with Gasteiger partial charge in [0.25, 0.3) is 0 Å². The fraction of sp³-hybridized carbons (Fsp3) is 0.176. The first-order valence-electron chi connectivity index (χ1n) is 7.41. The Kier molecular flexibility index (Phi) is 3.93. The van der Waals surface area contributed by atoms with Crippen molar-refractivity contribution in [2.75, 3.05) is 11.1 Å². The van der Waals surface area contributed by atoms with E-state index in [1.54, 1.807) is 23.1 Å². The SMILES string of the molecule is O=C(Cc1cccs1)Nc1ccccc1-c1cn2c(n1)SCC2. The van der Waals surface area contributed by atoms with E-state index in [4.69, 9.17) is 0 Å². The van der Waals surface area contributed by atoms with Crippen LogP contribution in [0.3, 0.4) is 0 Å². The topological polar surface area (TPSA) is 46.9 Å². The van der Waals surface area contributed by atoms with Gasteiger partial charge in [-0.05, 0) is 17.5 Å². The van der Waals surface area contributed by atoms with Gasteiger partial charge in [-0.3, -0.25) is 4.79 Å². The van der Waals surface area contributed by atoms with E-state index < -0.39 is 0 Å². The quantitative estimate of drug-likeness (QED) is 0.783. The summed E-state index contributed by atoms with van der Waals surface area (Å²) in [6.45, 7) is 1.000.